The van der Waals surface area contributed by atoms with E-state index in [9.17, 15) is 45.6 Å². The second-order valence-corrected chi connectivity index (χ2v) is 28.5. The number of rotatable bonds is 68. The van der Waals surface area contributed by atoms with Crippen LogP contribution in [0.5, 0.6) is 0 Å². The Labute approximate surface area is 599 Å². The minimum atomic E-state index is -1.79. The van der Waals surface area contributed by atoms with Gasteiger partial charge in [0.25, 0.3) is 0 Å². The molecule has 0 bridgehead atoms. The summed E-state index contributed by atoms with van der Waals surface area (Å²) in [4.78, 5) is 13.4. The van der Waals surface area contributed by atoms with E-state index in [1.165, 1.54) is 225 Å². The van der Waals surface area contributed by atoms with Crippen molar-refractivity contribution in [2.75, 3.05) is 19.8 Å². The summed E-state index contributed by atoms with van der Waals surface area (Å²) in [6.07, 6.45) is 77.6. The zero-order chi connectivity index (χ0) is 70.8. The molecule has 570 valence electrons. The number of aliphatic hydroxyl groups excluding tert-OH is 8. The van der Waals surface area contributed by atoms with Gasteiger partial charge < -0.3 is 65.1 Å². The maximum atomic E-state index is 13.4. The molecule has 9 N–H and O–H groups in total. The van der Waals surface area contributed by atoms with Crippen molar-refractivity contribution in [3.63, 3.8) is 0 Å². The van der Waals surface area contributed by atoms with Gasteiger partial charge in [0.2, 0.25) is 5.91 Å². The third kappa shape index (κ3) is 49.7. The fourth-order valence-corrected chi connectivity index (χ4v) is 13.2. The molecule has 12 atom stereocenters. The Hall–Kier alpha value is -2.83. The summed E-state index contributed by atoms with van der Waals surface area (Å²) in [5, 5.41) is 87.9. The van der Waals surface area contributed by atoms with Crippen molar-refractivity contribution in [1.29, 1.82) is 0 Å². The molecule has 2 aliphatic heterocycles. The molecule has 2 fully saturated rings. The first-order valence-electron chi connectivity index (χ1n) is 40.8. The number of hydrogen-bond donors (Lipinski definition) is 9. The molecule has 0 aromatic rings. The third-order valence-corrected chi connectivity index (χ3v) is 19.6. The van der Waals surface area contributed by atoms with E-state index in [2.05, 4.69) is 104 Å². The number of ether oxygens (including phenoxy) is 4. The summed E-state index contributed by atoms with van der Waals surface area (Å²) in [5.41, 5.74) is 0. The van der Waals surface area contributed by atoms with Crippen LogP contribution in [-0.2, 0) is 23.7 Å². The largest absolute Gasteiger partial charge is 0.394 e. The number of carbonyl (C=O) groups excluding carboxylic acids is 1. The van der Waals surface area contributed by atoms with Gasteiger partial charge >= 0.3 is 0 Å². The monoisotopic (exact) mass is 1380 g/mol. The fraction of sp³-hybridized carbons (Fsp3) is 0.821. The van der Waals surface area contributed by atoms with Crippen LogP contribution in [0.15, 0.2) is 85.1 Å². The Morgan fingerprint density at radius 2 is 0.704 bits per heavy atom. The van der Waals surface area contributed by atoms with Crippen LogP contribution >= 0.6 is 0 Å². The third-order valence-electron chi connectivity index (χ3n) is 19.6. The zero-order valence-electron chi connectivity index (χ0n) is 62.5. The molecule has 0 radical (unpaired) electrons. The summed E-state index contributed by atoms with van der Waals surface area (Å²) in [5.74, 6) is -0.203. The smallest absolute Gasteiger partial charge is 0.220 e. The molecule has 2 aliphatic rings. The molecule has 0 aromatic carbocycles. The second kappa shape index (κ2) is 67.4. The van der Waals surface area contributed by atoms with E-state index in [1.54, 1.807) is 0 Å². The number of allylic oxidation sites excluding steroid dienone is 14. The van der Waals surface area contributed by atoms with Gasteiger partial charge in [-0.3, -0.25) is 4.79 Å². The average Bonchev–Trinajstić information content (AvgIpc) is 0.793. The summed E-state index contributed by atoms with van der Waals surface area (Å²) < 4.78 is 23.0. The molecule has 0 aliphatic carbocycles. The normalized spacial score (nSPS) is 22.5. The highest BCUT2D eigenvalue weighted by Gasteiger charge is 2.51. The van der Waals surface area contributed by atoms with Crippen molar-refractivity contribution >= 4 is 5.91 Å². The second-order valence-electron chi connectivity index (χ2n) is 28.5. The molecule has 0 saturated carbocycles. The van der Waals surface area contributed by atoms with Gasteiger partial charge in [-0.1, -0.05) is 356 Å². The van der Waals surface area contributed by atoms with Crippen LogP contribution < -0.4 is 5.32 Å². The number of amides is 1. The SMILES string of the molecule is CC/C=C\C/C=C\C/C=C\C/C=C\C/C=C\C/C=C\C/C=C\CCCCCCCCCCCCCCCCCCCC(=O)NC(COC1OC(CO)C(OC2OC(CO)C(O)C(O)C2O)C(O)C1O)C(O)CCCCCCCCCCCCCCCCCCCCCCCCCCC. The Bertz CT molecular complexity index is 1970. The highest BCUT2D eigenvalue weighted by atomic mass is 16.7. The number of unbranched alkanes of at least 4 members (excludes halogenated alkanes) is 41. The topological polar surface area (TPSA) is 228 Å². The van der Waals surface area contributed by atoms with Gasteiger partial charge in [0.15, 0.2) is 12.6 Å². The molecule has 14 heteroatoms. The van der Waals surface area contributed by atoms with Crippen molar-refractivity contribution in [2.24, 2.45) is 0 Å². The maximum Gasteiger partial charge on any atom is 0.220 e. The summed E-state index contributed by atoms with van der Waals surface area (Å²) >= 11 is 0. The van der Waals surface area contributed by atoms with E-state index in [-0.39, 0.29) is 12.5 Å². The predicted molar refractivity (Wildman–Crippen MR) is 406 cm³/mol. The Morgan fingerprint density at radius 3 is 1.08 bits per heavy atom. The van der Waals surface area contributed by atoms with E-state index >= 15 is 0 Å². The van der Waals surface area contributed by atoms with Gasteiger partial charge in [-0.2, -0.15) is 0 Å². The lowest BCUT2D eigenvalue weighted by molar-refractivity contribution is -0.359. The number of carbonyl (C=O) groups is 1. The maximum absolute atomic E-state index is 13.4. The molecule has 1 amide bonds. The Balaban J connectivity index is 1.59. The predicted octanol–water partition coefficient (Wildman–Crippen LogP) is 18.7. The van der Waals surface area contributed by atoms with E-state index in [1.807, 2.05) is 0 Å². The molecular weight excluding hydrogens is 1230 g/mol. The van der Waals surface area contributed by atoms with Crippen LogP contribution in [0.4, 0.5) is 0 Å². The molecule has 98 heavy (non-hydrogen) atoms. The summed E-state index contributed by atoms with van der Waals surface area (Å²) in [7, 11) is 0. The number of aliphatic hydroxyl groups is 8. The zero-order valence-corrected chi connectivity index (χ0v) is 62.5. The molecule has 0 aromatic heterocycles. The van der Waals surface area contributed by atoms with Crippen LogP contribution in [0.3, 0.4) is 0 Å². The van der Waals surface area contributed by atoms with Crippen molar-refractivity contribution in [3.8, 4) is 0 Å². The number of hydrogen-bond acceptors (Lipinski definition) is 13. The van der Waals surface area contributed by atoms with Gasteiger partial charge in [0, 0.05) is 6.42 Å². The van der Waals surface area contributed by atoms with E-state index < -0.39 is 86.8 Å². The van der Waals surface area contributed by atoms with E-state index in [4.69, 9.17) is 18.9 Å². The van der Waals surface area contributed by atoms with Crippen LogP contribution in [0.25, 0.3) is 0 Å². The minimum absolute atomic E-state index is 0.203. The van der Waals surface area contributed by atoms with Gasteiger partial charge in [0.05, 0.1) is 32.0 Å². The van der Waals surface area contributed by atoms with E-state index in [0.717, 1.165) is 96.3 Å². The fourth-order valence-electron chi connectivity index (χ4n) is 13.2. The van der Waals surface area contributed by atoms with Crippen molar-refractivity contribution in [2.45, 2.75) is 421 Å². The molecule has 2 rings (SSSR count). The van der Waals surface area contributed by atoms with Gasteiger partial charge in [-0.05, 0) is 70.6 Å². The summed E-state index contributed by atoms with van der Waals surface area (Å²) in [6, 6.07) is -0.833. The standard InChI is InChI=1S/C84H151NO13/c1-3-5-7-9-11-13-15-17-19-21-23-25-27-29-30-31-32-33-34-35-36-37-38-39-40-41-42-44-46-48-50-52-54-56-58-60-62-64-66-68-76(89)85-72(71-95-83-81(94)79(92)82(75(70-87)97-83)98-84-80(93)78(91)77(90)74(69-86)96-84)73(88)67-65-63-61-59-57-55-53-51-49-47-45-43-28-26-24-22-20-18-16-14-12-10-8-6-4-2/h5,7,11,13,17,19,23,25,29-30,32-33,35-36,72-75,77-84,86-88,90-94H,3-4,6,8-10,12,14-16,18,20-22,24,26-28,31,34,37-71H2,1-2H3,(H,85,89)/b7-5-,13-11-,19-17-,25-23-,30-29-,33-32-,36-35-. The van der Waals surface area contributed by atoms with Gasteiger partial charge in [-0.15, -0.1) is 0 Å². The lowest BCUT2D eigenvalue weighted by Gasteiger charge is -2.46. The molecule has 0 spiro atoms. The van der Waals surface area contributed by atoms with Crippen LogP contribution in [0.1, 0.15) is 348 Å². The summed E-state index contributed by atoms with van der Waals surface area (Å²) in [6.45, 7) is 2.80. The molecule has 14 nitrogen and oxygen atoms in total. The van der Waals surface area contributed by atoms with Crippen LogP contribution in [0.2, 0.25) is 0 Å². The number of nitrogens with one attached hydrogen (secondary N) is 1. The van der Waals surface area contributed by atoms with Crippen LogP contribution in [0, 0.1) is 0 Å². The first-order chi connectivity index (χ1) is 48.1. The first kappa shape index (κ1) is 91.3. The lowest BCUT2D eigenvalue weighted by Crippen LogP contribution is -2.65. The van der Waals surface area contributed by atoms with Crippen molar-refractivity contribution in [3.05, 3.63) is 85.1 Å². The lowest BCUT2D eigenvalue weighted by atomic mass is 9.97. The Kier molecular flexibility index (Phi) is 62.7. The highest BCUT2D eigenvalue weighted by molar-refractivity contribution is 5.76. The molecule has 2 heterocycles. The highest BCUT2D eigenvalue weighted by Crippen LogP contribution is 2.30. The van der Waals surface area contributed by atoms with Crippen molar-refractivity contribution in [1.82, 2.24) is 5.32 Å². The quantitative estimate of drug-likeness (QED) is 0.0204. The van der Waals surface area contributed by atoms with E-state index in [0.29, 0.717) is 12.8 Å². The van der Waals surface area contributed by atoms with Crippen LogP contribution in [-0.4, -0.2) is 140 Å². The molecule has 2 saturated heterocycles. The van der Waals surface area contributed by atoms with Gasteiger partial charge in [-0.25, -0.2) is 0 Å². The van der Waals surface area contributed by atoms with Gasteiger partial charge in [0.1, 0.15) is 48.8 Å². The Morgan fingerprint density at radius 1 is 0.378 bits per heavy atom. The molecule has 12 unspecified atom stereocenters. The van der Waals surface area contributed by atoms with Crippen molar-refractivity contribution < 1.29 is 64.6 Å². The molecular formula is C84H151NO13. The minimum Gasteiger partial charge on any atom is -0.394 e. The first-order valence-corrected chi connectivity index (χ1v) is 40.8. The average molecular weight is 1380 g/mol.